The van der Waals surface area contributed by atoms with Crippen molar-refractivity contribution in [2.24, 2.45) is 5.73 Å². The largest absolute Gasteiger partial charge is 0.496 e. The fraction of sp³-hybridized carbons (Fsp3) is 0.450. The monoisotopic (exact) mass is 399 g/mol. The molecule has 0 aliphatic carbocycles. The molecular weight excluding hydrogens is 370 g/mol. The van der Waals surface area contributed by atoms with Gasteiger partial charge in [0.15, 0.2) is 11.3 Å². The van der Waals surface area contributed by atoms with Gasteiger partial charge in [0.05, 0.1) is 32.5 Å². The minimum atomic E-state index is -0.130. The summed E-state index contributed by atoms with van der Waals surface area (Å²) in [5, 5.41) is 7.98. The Morgan fingerprint density at radius 2 is 1.86 bits per heavy atom. The minimum absolute atomic E-state index is 0.130. The van der Waals surface area contributed by atoms with E-state index in [1.807, 2.05) is 25.3 Å². The number of nitrogen functional groups attached to an aromatic ring is 1. The van der Waals surface area contributed by atoms with Crippen molar-refractivity contribution < 1.29 is 9.47 Å². The number of nitrogens with one attached hydrogen (secondary N) is 1. The highest BCUT2D eigenvalue weighted by atomic mass is 16.5. The Balaban J connectivity index is 1.99. The number of rotatable bonds is 9. The van der Waals surface area contributed by atoms with Gasteiger partial charge >= 0.3 is 0 Å². The van der Waals surface area contributed by atoms with Crippen LogP contribution in [0.1, 0.15) is 43.9 Å². The number of fused-ring (bicyclic) bond motifs is 1. The highest BCUT2D eigenvalue weighted by Crippen LogP contribution is 2.33. The fourth-order valence-electron chi connectivity index (χ4n) is 3.15. The molecule has 9 nitrogen and oxygen atoms in total. The zero-order valence-electron chi connectivity index (χ0n) is 17.4. The fourth-order valence-corrected chi connectivity index (χ4v) is 3.15. The molecule has 0 fully saturated rings. The van der Waals surface area contributed by atoms with Crippen LogP contribution >= 0.6 is 0 Å². The lowest BCUT2D eigenvalue weighted by Crippen LogP contribution is -2.09. The van der Waals surface area contributed by atoms with Gasteiger partial charge in [0.25, 0.3) is 0 Å². The van der Waals surface area contributed by atoms with E-state index in [0.29, 0.717) is 34.9 Å². The van der Waals surface area contributed by atoms with Crippen LogP contribution in [0, 0.1) is 0 Å². The molecule has 3 rings (SSSR count). The Morgan fingerprint density at radius 1 is 1.17 bits per heavy atom. The number of unbranched alkanes of at least 4 members (excludes halogenated alkanes) is 1. The van der Waals surface area contributed by atoms with Gasteiger partial charge < -0.3 is 26.3 Å². The maximum atomic E-state index is 6.03. The van der Waals surface area contributed by atoms with Crippen LogP contribution < -0.4 is 26.3 Å². The van der Waals surface area contributed by atoms with Gasteiger partial charge in [-0.25, -0.2) is 4.98 Å². The molecule has 1 aromatic carbocycles. The summed E-state index contributed by atoms with van der Waals surface area (Å²) in [6, 6.07) is 3.73. The molecule has 0 saturated carbocycles. The Labute approximate surface area is 170 Å². The second kappa shape index (κ2) is 8.95. The van der Waals surface area contributed by atoms with E-state index in [2.05, 4.69) is 27.3 Å². The minimum Gasteiger partial charge on any atom is -0.496 e. The standard InChI is InChI=1S/C20H29N7O2/c1-5-6-7-23-19-18-15(24-20(22)25-19)11-27(26-18)10-14-16(28-3)8-13(12(2)21)9-17(14)29-4/h8-9,11-12H,5-7,10,21H2,1-4H3,(H3,22,23,24,25)/t12-/m1/s1. The molecule has 0 saturated heterocycles. The summed E-state index contributed by atoms with van der Waals surface area (Å²) in [5.74, 6) is 2.25. The first-order valence-electron chi connectivity index (χ1n) is 9.71. The van der Waals surface area contributed by atoms with Crippen LogP contribution in [0.25, 0.3) is 11.0 Å². The van der Waals surface area contributed by atoms with Crippen molar-refractivity contribution in [3.05, 3.63) is 29.5 Å². The molecule has 1 atom stereocenters. The first kappa shape index (κ1) is 20.7. The molecule has 0 amide bonds. The molecule has 156 valence electrons. The number of hydrogen-bond donors (Lipinski definition) is 3. The number of benzene rings is 1. The molecule has 0 aliphatic rings. The molecule has 0 unspecified atom stereocenters. The first-order valence-corrected chi connectivity index (χ1v) is 9.71. The van der Waals surface area contributed by atoms with Crippen molar-refractivity contribution in [1.29, 1.82) is 0 Å². The molecular formula is C20H29N7O2. The zero-order valence-corrected chi connectivity index (χ0v) is 17.4. The second-order valence-electron chi connectivity index (χ2n) is 6.96. The summed E-state index contributed by atoms with van der Waals surface area (Å²) in [6.45, 7) is 5.30. The van der Waals surface area contributed by atoms with Crippen molar-refractivity contribution in [3.63, 3.8) is 0 Å². The molecule has 0 radical (unpaired) electrons. The average Bonchev–Trinajstić information content (AvgIpc) is 3.10. The van der Waals surface area contributed by atoms with Crippen molar-refractivity contribution >= 4 is 22.8 Å². The second-order valence-corrected chi connectivity index (χ2v) is 6.96. The lowest BCUT2D eigenvalue weighted by molar-refractivity contribution is 0.380. The van der Waals surface area contributed by atoms with Crippen LogP contribution in [0.5, 0.6) is 11.5 Å². The number of anilines is 2. The van der Waals surface area contributed by atoms with E-state index in [-0.39, 0.29) is 12.0 Å². The van der Waals surface area contributed by atoms with E-state index >= 15 is 0 Å². The van der Waals surface area contributed by atoms with Gasteiger partial charge in [0, 0.05) is 12.6 Å². The van der Waals surface area contributed by atoms with Crippen molar-refractivity contribution in [2.45, 2.75) is 39.3 Å². The normalized spacial score (nSPS) is 12.2. The molecule has 5 N–H and O–H groups in total. The molecule has 0 spiro atoms. The van der Waals surface area contributed by atoms with Gasteiger partial charge in [-0.2, -0.15) is 10.1 Å². The lowest BCUT2D eigenvalue weighted by atomic mass is 10.0. The molecule has 29 heavy (non-hydrogen) atoms. The Bertz CT molecular complexity index is 959. The van der Waals surface area contributed by atoms with Crippen molar-refractivity contribution in [2.75, 3.05) is 31.8 Å². The summed E-state index contributed by atoms with van der Waals surface area (Å²) in [6.07, 6.45) is 3.96. The maximum absolute atomic E-state index is 6.03. The quantitative estimate of drug-likeness (QED) is 0.469. The smallest absolute Gasteiger partial charge is 0.222 e. The first-order chi connectivity index (χ1) is 14.0. The van der Waals surface area contributed by atoms with E-state index in [9.17, 15) is 0 Å². The summed E-state index contributed by atoms with van der Waals surface area (Å²) >= 11 is 0. The molecule has 9 heteroatoms. The van der Waals surface area contributed by atoms with E-state index in [1.165, 1.54) is 0 Å². The Kier molecular flexibility index (Phi) is 6.38. The topological polar surface area (TPSA) is 126 Å². The van der Waals surface area contributed by atoms with E-state index in [4.69, 9.17) is 20.9 Å². The molecule has 2 aromatic heterocycles. The van der Waals surface area contributed by atoms with Gasteiger partial charge in [0.2, 0.25) is 5.95 Å². The highest BCUT2D eigenvalue weighted by Gasteiger charge is 2.17. The van der Waals surface area contributed by atoms with Gasteiger partial charge in [-0.1, -0.05) is 13.3 Å². The van der Waals surface area contributed by atoms with Crippen molar-refractivity contribution in [1.82, 2.24) is 19.7 Å². The summed E-state index contributed by atoms with van der Waals surface area (Å²) < 4.78 is 13.0. The Hall–Kier alpha value is -3.07. The van der Waals surface area contributed by atoms with Crippen LogP contribution in [0.4, 0.5) is 11.8 Å². The highest BCUT2D eigenvalue weighted by molar-refractivity contribution is 5.85. The molecule has 2 heterocycles. The SMILES string of the molecule is CCCCNc1nc(N)nc2cn(Cc3c(OC)cc([C@@H](C)N)cc3OC)nc12. The van der Waals surface area contributed by atoms with Gasteiger partial charge in [0.1, 0.15) is 17.0 Å². The van der Waals surface area contributed by atoms with Crippen molar-refractivity contribution in [3.8, 4) is 11.5 Å². The molecule has 0 bridgehead atoms. The third-order valence-corrected chi connectivity index (χ3v) is 4.73. The van der Waals surface area contributed by atoms with Crippen LogP contribution in [-0.4, -0.2) is 40.5 Å². The number of ether oxygens (including phenoxy) is 2. The number of hydrogen-bond acceptors (Lipinski definition) is 8. The predicted molar refractivity (Wildman–Crippen MR) is 114 cm³/mol. The summed E-state index contributed by atoms with van der Waals surface area (Å²) in [7, 11) is 3.26. The van der Waals surface area contributed by atoms with Crippen LogP contribution in [0.2, 0.25) is 0 Å². The van der Waals surface area contributed by atoms with Gasteiger partial charge in [-0.15, -0.1) is 0 Å². The summed E-state index contributed by atoms with van der Waals surface area (Å²) in [4.78, 5) is 8.62. The number of nitrogens with two attached hydrogens (primary N) is 2. The van der Waals surface area contributed by atoms with Crippen LogP contribution in [0.15, 0.2) is 18.3 Å². The zero-order chi connectivity index (χ0) is 21.0. The lowest BCUT2D eigenvalue weighted by Gasteiger charge is -2.17. The third-order valence-electron chi connectivity index (χ3n) is 4.73. The molecule has 3 aromatic rings. The average molecular weight is 399 g/mol. The van der Waals surface area contributed by atoms with Crippen LogP contribution in [0.3, 0.4) is 0 Å². The van der Waals surface area contributed by atoms with E-state index in [0.717, 1.165) is 30.5 Å². The van der Waals surface area contributed by atoms with E-state index in [1.54, 1.807) is 18.9 Å². The van der Waals surface area contributed by atoms with Gasteiger partial charge in [-0.05, 0) is 31.0 Å². The Morgan fingerprint density at radius 3 is 2.45 bits per heavy atom. The predicted octanol–water partition coefficient (Wildman–Crippen LogP) is 2.71. The molecule has 0 aliphatic heterocycles. The maximum Gasteiger partial charge on any atom is 0.222 e. The number of methoxy groups -OCH3 is 2. The van der Waals surface area contributed by atoms with Gasteiger partial charge in [-0.3, -0.25) is 4.68 Å². The number of aromatic nitrogens is 4. The third kappa shape index (κ3) is 4.51. The van der Waals surface area contributed by atoms with E-state index < -0.39 is 0 Å². The number of nitrogens with zero attached hydrogens (tertiary/aromatic N) is 4. The summed E-state index contributed by atoms with van der Waals surface area (Å²) in [5.41, 5.74) is 15.1. The van der Waals surface area contributed by atoms with Crippen LogP contribution in [-0.2, 0) is 6.54 Å².